The first-order chi connectivity index (χ1) is 13.0. The number of aryl methyl sites for hydroxylation is 1. The second-order valence-corrected chi connectivity index (χ2v) is 7.83. The Labute approximate surface area is 157 Å². The summed E-state index contributed by atoms with van der Waals surface area (Å²) in [5.41, 5.74) is -0.522. The molecule has 0 spiro atoms. The standard InChI is InChI=1S/C20H25F2NO4/c21-15-3-1-13(17(22)9-15)2-4-19(24)23-10-14-11-27-8-6-20(14,25)16-12-26-7-5-18(16)23/h1,3,9,14,16,18,25H,2,4-8,10-12H2/t14-,16+,18-,20-/m0/s1. The summed E-state index contributed by atoms with van der Waals surface area (Å²) in [6.07, 6.45) is 1.63. The summed E-state index contributed by atoms with van der Waals surface area (Å²) in [7, 11) is 0. The highest BCUT2D eigenvalue weighted by atomic mass is 19.1. The maximum atomic E-state index is 13.9. The molecule has 27 heavy (non-hydrogen) atoms. The molecule has 1 N–H and O–H groups in total. The average Bonchev–Trinajstić information content (AvgIpc) is 2.66. The van der Waals surface area contributed by atoms with Gasteiger partial charge >= 0.3 is 0 Å². The Morgan fingerprint density at radius 2 is 2.07 bits per heavy atom. The molecular weight excluding hydrogens is 356 g/mol. The SMILES string of the molecule is O=C(CCc1ccc(F)cc1F)N1C[C@H]2COCC[C@@]2(O)[C@@H]2COCC[C@@H]21. The number of likely N-dealkylation sites (tertiary alicyclic amines) is 1. The Kier molecular flexibility index (Phi) is 5.18. The highest BCUT2D eigenvalue weighted by molar-refractivity contribution is 5.77. The molecule has 4 atom stereocenters. The molecule has 0 radical (unpaired) electrons. The molecule has 0 aromatic heterocycles. The third-order valence-corrected chi connectivity index (χ3v) is 6.40. The van der Waals surface area contributed by atoms with Crippen LogP contribution in [0.4, 0.5) is 8.78 Å². The van der Waals surface area contributed by atoms with E-state index >= 15 is 0 Å². The molecule has 148 valence electrons. The highest BCUT2D eigenvalue weighted by Gasteiger charge is 2.56. The van der Waals surface area contributed by atoms with E-state index in [1.165, 1.54) is 12.1 Å². The number of fused-ring (bicyclic) bond motifs is 3. The summed E-state index contributed by atoms with van der Waals surface area (Å²) in [4.78, 5) is 14.8. The number of ether oxygens (including phenoxy) is 2. The van der Waals surface area contributed by atoms with Gasteiger partial charge in [-0.3, -0.25) is 4.79 Å². The van der Waals surface area contributed by atoms with Crippen LogP contribution >= 0.6 is 0 Å². The van der Waals surface area contributed by atoms with Crippen molar-refractivity contribution >= 4 is 5.91 Å². The predicted molar refractivity (Wildman–Crippen MR) is 93.0 cm³/mol. The van der Waals surface area contributed by atoms with E-state index < -0.39 is 17.2 Å². The minimum Gasteiger partial charge on any atom is -0.389 e. The van der Waals surface area contributed by atoms with E-state index in [9.17, 15) is 18.7 Å². The van der Waals surface area contributed by atoms with Crippen LogP contribution < -0.4 is 0 Å². The third kappa shape index (κ3) is 3.48. The van der Waals surface area contributed by atoms with Crippen LogP contribution in [-0.2, 0) is 20.7 Å². The van der Waals surface area contributed by atoms with Gasteiger partial charge in [-0.2, -0.15) is 0 Å². The molecule has 3 aliphatic heterocycles. The van der Waals surface area contributed by atoms with Crippen LogP contribution in [0.3, 0.4) is 0 Å². The van der Waals surface area contributed by atoms with Crippen LogP contribution in [0.1, 0.15) is 24.8 Å². The van der Waals surface area contributed by atoms with Gasteiger partial charge in [-0.05, 0) is 24.5 Å². The maximum absolute atomic E-state index is 13.9. The molecule has 0 unspecified atom stereocenters. The fourth-order valence-corrected chi connectivity index (χ4v) is 4.85. The predicted octanol–water partition coefficient (Wildman–Crippen LogP) is 1.91. The lowest BCUT2D eigenvalue weighted by Crippen LogP contribution is -2.68. The Bertz CT molecular complexity index is 715. The van der Waals surface area contributed by atoms with Crippen LogP contribution in [0.5, 0.6) is 0 Å². The third-order valence-electron chi connectivity index (χ3n) is 6.40. The zero-order valence-electron chi connectivity index (χ0n) is 15.2. The van der Waals surface area contributed by atoms with Gasteiger partial charge < -0.3 is 19.5 Å². The van der Waals surface area contributed by atoms with Gasteiger partial charge in [0.05, 0.1) is 18.8 Å². The van der Waals surface area contributed by atoms with Crippen molar-refractivity contribution in [3.8, 4) is 0 Å². The number of aliphatic hydroxyl groups is 1. The number of benzene rings is 1. The van der Waals surface area contributed by atoms with Gasteiger partial charge in [-0.15, -0.1) is 0 Å². The number of hydrogen-bond donors (Lipinski definition) is 1. The summed E-state index contributed by atoms with van der Waals surface area (Å²) in [5, 5.41) is 11.3. The molecule has 4 rings (SSSR count). The van der Waals surface area contributed by atoms with Gasteiger partial charge in [0.1, 0.15) is 11.6 Å². The number of piperidine rings is 1. The number of hydrogen-bond acceptors (Lipinski definition) is 4. The molecule has 0 saturated carbocycles. The Morgan fingerprint density at radius 1 is 1.26 bits per heavy atom. The molecule has 1 amide bonds. The molecule has 7 heteroatoms. The molecular formula is C20H25F2NO4. The van der Waals surface area contributed by atoms with Gasteiger partial charge in [-0.1, -0.05) is 6.07 Å². The minimum atomic E-state index is -0.858. The molecule has 3 heterocycles. The lowest BCUT2D eigenvalue weighted by Gasteiger charge is -2.57. The van der Waals surface area contributed by atoms with Crippen molar-refractivity contribution in [2.45, 2.75) is 37.3 Å². The van der Waals surface area contributed by atoms with E-state index in [1.807, 2.05) is 4.90 Å². The van der Waals surface area contributed by atoms with Gasteiger partial charge in [0, 0.05) is 56.5 Å². The summed E-state index contributed by atoms with van der Waals surface area (Å²) >= 11 is 0. The second kappa shape index (κ2) is 7.45. The average molecular weight is 381 g/mol. The zero-order valence-corrected chi connectivity index (χ0v) is 15.2. The van der Waals surface area contributed by atoms with Crippen molar-refractivity contribution in [1.29, 1.82) is 0 Å². The molecule has 3 saturated heterocycles. The van der Waals surface area contributed by atoms with Crippen LogP contribution in [0.2, 0.25) is 0 Å². The summed E-state index contributed by atoms with van der Waals surface area (Å²) < 4.78 is 38.1. The number of carbonyl (C=O) groups is 1. The van der Waals surface area contributed by atoms with Crippen molar-refractivity contribution in [1.82, 2.24) is 4.90 Å². The summed E-state index contributed by atoms with van der Waals surface area (Å²) in [6.45, 7) is 2.40. The largest absolute Gasteiger partial charge is 0.389 e. The van der Waals surface area contributed by atoms with Crippen LogP contribution in [-0.4, -0.2) is 60.5 Å². The molecule has 1 aromatic rings. The van der Waals surface area contributed by atoms with Crippen LogP contribution in [0.15, 0.2) is 18.2 Å². The normalized spacial score (nSPS) is 33.3. The van der Waals surface area contributed by atoms with E-state index in [1.54, 1.807) is 0 Å². The van der Waals surface area contributed by atoms with E-state index in [-0.39, 0.29) is 36.6 Å². The fourth-order valence-electron chi connectivity index (χ4n) is 4.85. The number of amides is 1. The molecule has 3 fully saturated rings. The number of carbonyl (C=O) groups excluding carboxylic acids is 1. The van der Waals surface area contributed by atoms with Crippen LogP contribution in [0, 0.1) is 23.5 Å². The molecule has 0 bridgehead atoms. The smallest absolute Gasteiger partial charge is 0.223 e. The van der Waals surface area contributed by atoms with Crippen molar-refractivity contribution in [2.75, 3.05) is 33.0 Å². The Hall–Kier alpha value is -1.57. The van der Waals surface area contributed by atoms with E-state index in [4.69, 9.17) is 9.47 Å². The van der Waals surface area contributed by atoms with Gasteiger partial charge in [-0.25, -0.2) is 8.78 Å². The maximum Gasteiger partial charge on any atom is 0.223 e. The minimum absolute atomic E-state index is 0.0661. The van der Waals surface area contributed by atoms with E-state index in [0.29, 0.717) is 51.4 Å². The molecule has 5 nitrogen and oxygen atoms in total. The highest BCUT2D eigenvalue weighted by Crippen LogP contribution is 2.44. The summed E-state index contributed by atoms with van der Waals surface area (Å²) in [6, 6.07) is 3.37. The first kappa shape index (κ1) is 18.8. The topological polar surface area (TPSA) is 59.0 Å². The number of rotatable bonds is 3. The van der Waals surface area contributed by atoms with Gasteiger partial charge in [0.2, 0.25) is 5.91 Å². The van der Waals surface area contributed by atoms with E-state index in [0.717, 1.165) is 6.07 Å². The Balaban J connectivity index is 1.49. The first-order valence-corrected chi connectivity index (χ1v) is 9.60. The zero-order chi connectivity index (χ0) is 19.0. The quantitative estimate of drug-likeness (QED) is 0.869. The van der Waals surface area contributed by atoms with Gasteiger partial charge in [0.15, 0.2) is 0 Å². The Morgan fingerprint density at radius 3 is 2.89 bits per heavy atom. The lowest BCUT2D eigenvalue weighted by atomic mass is 9.66. The van der Waals surface area contributed by atoms with Crippen molar-refractivity contribution in [2.24, 2.45) is 11.8 Å². The second-order valence-electron chi connectivity index (χ2n) is 7.83. The fraction of sp³-hybridized carbons (Fsp3) is 0.650. The van der Waals surface area contributed by atoms with Crippen molar-refractivity contribution in [3.63, 3.8) is 0 Å². The number of halogens is 2. The summed E-state index contributed by atoms with van der Waals surface area (Å²) in [5.74, 6) is -1.58. The molecule has 1 aromatic carbocycles. The molecule has 0 aliphatic carbocycles. The first-order valence-electron chi connectivity index (χ1n) is 9.60. The molecule has 3 aliphatic rings. The number of nitrogens with zero attached hydrogens (tertiary/aromatic N) is 1. The van der Waals surface area contributed by atoms with E-state index in [2.05, 4.69) is 0 Å². The van der Waals surface area contributed by atoms with Gasteiger partial charge in [0.25, 0.3) is 0 Å². The van der Waals surface area contributed by atoms with Crippen molar-refractivity contribution < 1.29 is 28.2 Å². The van der Waals surface area contributed by atoms with Crippen molar-refractivity contribution in [3.05, 3.63) is 35.4 Å². The lowest BCUT2D eigenvalue weighted by molar-refractivity contribution is -0.219. The van der Waals surface area contributed by atoms with Crippen LogP contribution in [0.25, 0.3) is 0 Å². The monoisotopic (exact) mass is 381 g/mol.